The molecule has 2 rings (SSSR count). The van der Waals surface area contributed by atoms with Gasteiger partial charge in [-0.3, -0.25) is 0 Å². The third-order valence-corrected chi connectivity index (χ3v) is 4.00. The van der Waals surface area contributed by atoms with Gasteiger partial charge < -0.3 is 20.5 Å². The van der Waals surface area contributed by atoms with Gasteiger partial charge in [-0.15, -0.1) is 0 Å². The van der Waals surface area contributed by atoms with Crippen LogP contribution in [0.25, 0.3) is 0 Å². The first-order chi connectivity index (χ1) is 10.1. The molecule has 0 aliphatic carbocycles. The molecule has 0 amide bonds. The van der Waals surface area contributed by atoms with Crippen molar-refractivity contribution in [3.05, 3.63) is 34.3 Å². The monoisotopic (exact) mass is 327 g/mol. The Balaban J connectivity index is 2.24. The minimum absolute atomic E-state index is 0.139. The van der Waals surface area contributed by atoms with Crippen molar-refractivity contribution in [2.75, 3.05) is 25.3 Å². The van der Waals surface area contributed by atoms with Gasteiger partial charge in [0.15, 0.2) is 5.82 Å². The third-order valence-electron chi connectivity index (χ3n) is 2.83. The van der Waals surface area contributed by atoms with Gasteiger partial charge >= 0.3 is 5.97 Å². The Morgan fingerprint density at radius 1 is 1.48 bits per heavy atom. The summed E-state index contributed by atoms with van der Waals surface area (Å²) in [6.07, 6.45) is 0. The summed E-state index contributed by atoms with van der Waals surface area (Å²) in [5.41, 5.74) is 6.69. The van der Waals surface area contributed by atoms with Gasteiger partial charge in [-0.1, -0.05) is 17.7 Å². The van der Waals surface area contributed by atoms with Gasteiger partial charge in [-0.05, 0) is 23.7 Å². The fourth-order valence-corrected chi connectivity index (χ4v) is 2.72. The molecule has 0 saturated heterocycles. The van der Waals surface area contributed by atoms with Crippen LogP contribution in [-0.4, -0.2) is 24.6 Å². The smallest absolute Gasteiger partial charge is 0.344 e. The minimum atomic E-state index is -0.533. The highest BCUT2D eigenvalue weighted by Gasteiger charge is 2.20. The summed E-state index contributed by atoms with van der Waals surface area (Å²) in [7, 11) is 2.86. The van der Waals surface area contributed by atoms with Crippen molar-refractivity contribution in [3.8, 4) is 5.75 Å². The quantitative estimate of drug-likeness (QED) is 0.821. The highest BCUT2D eigenvalue weighted by Crippen LogP contribution is 2.31. The highest BCUT2D eigenvalue weighted by atomic mass is 35.5. The number of nitrogens with two attached hydrogens (primary N) is 1. The van der Waals surface area contributed by atoms with Gasteiger partial charge in [0.05, 0.1) is 14.2 Å². The lowest BCUT2D eigenvalue weighted by Crippen LogP contribution is -2.08. The lowest BCUT2D eigenvalue weighted by Gasteiger charge is -2.11. The molecule has 0 spiro atoms. The van der Waals surface area contributed by atoms with Gasteiger partial charge in [0.2, 0.25) is 0 Å². The number of methoxy groups -OCH3 is 2. The first-order valence-corrected chi connectivity index (χ1v) is 7.12. The van der Waals surface area contributed by atoms with Crippen molar-refractivity contribution in [1.29, 1.82) is 0 Å². The number of halogens is 1. The van der Waals surface area contributed by atoms with E-state index in [4.69, 9.17) is 26.8 Å². The zero-order valence-corrected chi connectivity index (χ0v) is 13.0. The van der Waals surface area contributed by atoms with Gasteiger partial charge in [0.25, 0.3) is 0 Å². The summed E-state index contributed by atoms with van der Waals surface area (Å²) in [4.78, 5) is 11.7. The largest absolute Gasteiger partial charge is 0.496 e. The van der Waals surface area contributed by atoms with Crippen LogP contribution in [0.1, 0.15) is 15.9 Å². The SMILES string of the molecule is COC(=O)c1c(N)nsc1NCc1c(Cl)cccc1OC. The Labute approximate surface area is 131 Å². The van der Waals surface area contributed by atoms with E-state index in [1.165, 1.54) is 7.11 Å². The van der Waals surface area contributed by atoms with Crippen molar-refractivity contribution in [2.24, 2.45) is 0 Å². The van der Waals surface area contributed by atoms with Crippen LogP contribution < -0.4 is 15.8 Å². The molecule has 0 radical (unpaired) electrons. The third kappa shape index (κ3) is 3.20. The summed E-state index contributed by atoms with van der Waals surface area (Å²) in [6, 6.07) is 5.38. The zero-order valence-electron chi connectivity index (χ0n) is 11.5. The van der Waals surface area contributed by atoms with Crippen LogP contribution in [0, 0.1) is 0 Å². The Morgan fingerprint density at radius 3 is 2.90 bits per heavy atom. The van der Waals surface area contributed by atoms with Gasteiger partial charge in [-0.2, -0.15) is 4.37 Å². The number of nitrogen functional groups attached to an aromatic ring is 1. The molecule has 0 atom stereocenters. The van der Waals surface area contributed by atoms with Crippen LogP contribution in [0.4, 0.5) is 10.8 Å². The lowest BCUT2D eigenvalue weighted by atomic mass is 10.2. The molecule has 0 aliphatic heterocycles. The Kier molecular flexibility index (Phi) is 4.87. The van der Waals surface area contributed by atoms with Gasteiger partial charge in [0, 0.05) is 17.1 Å². The molecular weight excluding hydrogens is 314 g/mol. The number of esters is 1. The predicted octanol–water partition coefficient (Wildman–Crippen LogP) is 2.79. The average Bonchev–Trinajstić information content (AvgIpc) is 2.86. The second-order valence-electron chi connectivity index (χ2n) is 4.04. The van der Waals surface area contributed by atoms with Crippen LogP contribution in [-0.2, 0) is 11.3 Å². The molecule has 8 heteroatoms. The van der Waals surface area contributed by atoms with E-state index in [0.717, 1.165) is 17.1 Å². The summed E-state index contributed by atoms with van der Waals surface area (Å²) >= 11 is 7.25. The summed E-state index contributed by atoms with van der Waals surface area (Å²) in [6.45, 7) is 0.370. The number of rotatable bonds is 5. The maximum Gasteiger partial charge on any atom is 0.344 e. The molecule has 0 saturated carbocycles. The second kappa shape index (κ2) is 6.64. The molecule has 0 fully saturated rings. The second-order valence-corrected chi connectivity index (χ2v) is 5.22. The number of carbonyl (C=O) groups is 1. The van der Waals surface area contributed by atoms with Gasteiger partial charge in [0.1, 0.15) is 16.3 Å². The Morgan fingerprint density at radius 2 is 2.24 bits per heavy atom. The van der Waals surface area contributed by atoms with E-state index in [1.54, 1.807) is 19.2 Å². The molecule has 0 aliphatic rings. The molecule has 1 aromatic carbocycles. The van der Waals surface area contributed by atoms with E-state index in [9.17, 15) is 4.79 Å². The number of ether oxygens (including phenoxy) is 2. The maximum atomic E-state index is 11.7. The van der Waals surface area contributed by atoms with Crippen molar-refractivity contribution in [2.45, 2.75) is 6.54 Å². The number of hydrogen-bond donors (Lipinski definition) is 2. The van der Waals surface area contributed by atoms with E-state index in [-0.39, 0.29) is 11.4 Å². The molecule has 2 aromatic rings. The number of carbonyl (C=O) groups excluding carboxylic acids is 1. The average molecular weight is 328 g/mol. The molecule has 3 N–H and O–H groups in total. The molecule has 21 heavy (non-hydrogen) atoms. The first-order valence-electron chi connectivity index (χ1n) is 5.97. The number of nitrogens with zero attached hydrogens (tertiary/aromatic N) is 1. The fourth-order valence-electron chi connectivity index (χ4n) is 1.79. The maximum absolute atomic E-state index is 11.7. The van der Waals surface area contributed by atoms with E-state index < -0.39 is 5.97 Å². The standard InChI is InChI=1S/C13H14ClN3O3S/c1-19-9-5-3-4-8(14)7(9)6-16-12-10(13(18)20-2)11(15)17-21-12/h3-5,16H,6H2,1-2H3,(H2,15,17). The molecule has 112 valence electrons. The number of benzene rings is 1. The van der Waals surface area contributed by atoms with Gasteiger partial charge in [-0.25, -0.2) is 4.79 Å². The van der Waals surface area contributed by atoms with E-state index in [1.807, 2.05) is 6.07 Å². The van der Waals surface area contributed by atoms with Crippen molar-refractivity contribution >= 4 is 39.9 Å². The molecule has 6 nitrogen and oxygen atoms in total. The minimum Gasteiger partial charge on any atom is -0.496 e. The van der Waals surface area contributed by atoms with Crippen LogP contribution in [0.2, 0.25) is 5.02 Å². The summed E-state index contributed by atoms with van der Waals surface area (Å²) in [5, 5.41) is 4.19. The number of nitrogens with one attached hydrogen (secondary N) is 1. The van der Waals surface area contributed by atoms with Crippen LogP contribution >= 0.6 is 23.1 Å². The molecule has 1 aromatic heterocycles. The molecule has 0 unspecified atom stereocenters. The molecular formula is C13H14ClN3O3S. The van der Waals surface area contributed by atoms with Crippen LogP contribution in [0.3, 0.4) is 0 Å². The van der Waals surface area contributed by atoms with Crippen LogP contribution in [0.5, 0.6) is 5.75 Å². The van der Waals surface area contributed by atoms with Crippen LogP contribution in [0.15, 0.2) is 18.2 Å². The van der Waals surface area contributed by atoms with Crippen molar-refractivity contribution in [1.82, 2.24) is 4.37 Å². The fraction of sp³-hybridized carbons (Fsp3) is 0.231. The number of hydrogen-bond acceptors (Lipinski definition) is 7. The van der Waals surface area contributed by atoms with E-state index >= 15 is 0 Å². The summed E-state index contributed by atoms with van der Waals surface area (Å²) in [5.74, 6) is 0.266. The number of anilines is 2. The molecule has 1 heterocycles. The van der Waals surface area contributed by atoms with Crippen molar-refractivity contribution in [3.63, 3.8) is 0 Å². The predicted molar refractivity (Wildman–Crippen MR) is 83.2 cm³/mol. The highest BCUT2D eigenvalue weighted by molar-refractivity contribution is 7.11. The normalized spacial score (nSPS) is 10.2. The Bertz CT molecular complexity index is 660. The summed E-state index contributed by atoms with van der Waals surface area (Å²) < 4.78 is 13.9. The van der Waals surface area contributed by atoms with Crippen molar-refractivity contribution < 1.29 is 14.3 Å². The topological polar surface area (TPSA) is 86.5 Å². The lowest BCUT2D eigenvalue weighted by molar-refractivity contribution is 0.0603. The molecule has 0 bridgehead atoms. The first kappa shape index (κ1) is 15.4. The zero-order chi connectivity index (χ0) is 15.4. The Hall–Kier alpha value is -1.99. The van der Waals surface area contributed by atoms with E-state index in [0.29, 0.717) is 22.3 Å². The number of aromatic nitrogens is 1. The van der Waals surface area contributed by atoms with E-state index in [2.05, 4.69) is 9.69 Å².